The normalized spacial score (nSPS) is 32.9. The van der Waals surface area contributed by atoms with Crippen LogP contribution in [-0.2, 0) is 30.2 Å². The molecule has 9 nitrogen and oxygen atoms in total. The van der Waals surface area contributed by atoms with Gasteiger partial charge in [0.25, 0.3) is 0 Å². The van der Waals surface area contributed by atoms with Gasteiger partial charge in [-0.15, -0.1) is 0 Å². The molecule has 9 heteroatoms. The van der Waals surface area contributed by atoms with E-state index in [0.29, 0.717) is 36.1 Å². The lowest BCUT2D eigenvalue weighted by molar-refractivity contribution is -0.226. The molecule has 6 aliphatic rings. The van der Waals surface area contributed by atoms with E-state index < -0.39 is 46.3 Å². The molecule has 0 amide bonds. The number of methoxy groups -OCH3 is 1. The monoisotopic (exact) mass is 674 g/mol. The summed E-state index contributed by atoms with van der Waals surface area (Å²) < 4.78 is 32.1. The number of phenolic OH excluding ortho intramolecular Hbond substituents is 1. The number of Topliss-reactive ketones (excluding diaryl/α,β-unsaturated/α-hetero) is 2. The van der Waals surface area contributed by atoms with Crippen molar-refractivity contribution < 1.29 is 43.2 Å². The Hall–Kier alpha value is -3.69. The van der Waals surface area contributed by atoms with Gasteiger partial charge in [0.05, 0.1) is 30.3 Å². The molecule has 49 heavy (non-hydrogen) atoms. The van der Waals surface area contributed by atoms with E-state index in [2.05, 4.69) is 19.9 Å². The number of ether oxygens (including phenoxy) is 5. The second-order valence-electron chi connectivity index (χ2n) is 15.4. The van der Waals surface area contributed by atoms with Gasteiger partial charge >= 0.3 is 5.97 Å². The molecular weight excluding hydrogens is 624 g/mol. The third-order valence-electron chi connectivity index (χ3n) is 11.2. The summed E-state index contributed by atoms with van der Waals surface area (Å²) in [4.78, 5) is 42.1. The van der Waals surface area contributed by atoms with Crippen LogP contribution in [0.3, 0.4) is 0 Å². The fourth-order valence-electron chi connectivity index (χ4n) is 9.15. The molecule has 1 aromatic carbocycles. The SMILES string of the molecule is CCOC1C2C(=O)c3c(O)c4c(c(CC=C(C)C)c3O[C@@]23C2C[C@@H]1C(=O)[C@]3(C/C=C/C(=O)OC)OC2(C)C)O[C@](C)(CCC=C(C)C)C=C4. The molecule has 3 unspecified atom stereocenters. The number of carbonyl (C=O) groups excluding carboxylic acids is 3. The van der Waals surface area contributed by atoms with Gasteiger partial charge in [0, 0.05) is 36.5 Å². The Balaban J connectivity index is 1.60. The zero-order chi connectivity index (χ0) is 35.7. The van der Waals surface area contributed by atoms with E-state index in [1.54, 1.807) is 6.08 Å². The van der Waals surface area contributed by atoms with E-state index in [9.17, 15) is 14.7 Å². The van der Waals surface area contributed by atoms with Crippen LogP contribution in [0.15, 0.2) is 41.5 Å². The van der Waals surface area contributed by atoms with Crippen LogP contribution in [0.25, 0.3) is 6.08 Å². The van der Waals surface area contributed by atoms with Crippen molar-refractivity contribution in [2.75, 3.05) is 13.7 Å². The highest BCUT2D eigenvalue weighted by Gasteiger charge is 2.85. The predicted molar refractivity (Wildman–Crippen MR) is 185 cm³/mol. The van der Waals surface area contributed by atoms with E-state index in [4.69, 9.17) is 23.7 Å². The summed E-state index contributed by atoms with van der Waals surface area (Å²) in [5.41, 5.74) is -1.20. The van der Waals surface area contributed by atoms with Crippen molar-refractivity contribution in [3.63, 3.8) is 0 Å². The Morgan fingerprint density at radius 1 is 1.06 bits per heavy atom. The van der Waals surface area contributed by atoms with Gasteiger partial charge in [-0.2, -0.15) is 0 Å². The first-order valence-corrected chi connectivity index (χ1v) is 17.5. The largest absolute Gasteiger partial charge is 0.506 e. The lowest BCUT2D eigenvalue weighted by Gasteiger charge is -2.62. The number of aromatic hydroxyl groups is 1. The molecule has 0 aromatic heterocycles. The molecule has 1 N–H and O–H groups in total. The third kappa shape index (κ3) is 5.22. The number of ketones is 2. The maximum absolute atomic E-state index is 15.2. The van der Waals surface area contributed by atoms with Crippen molar-refractivity contribution in [1.29, 1.82) is 0 Å². The lowest BCUT2D eigenvalue weighted by Crippen LogP contribution is -2.80. The van der Waals surface area contributed by atoms with Gasteiger partial charge in [-0.05, 0) is 93.2 Å². The number of hydrogen-bond donors (Lipinski definition) is 1. The van der Waals surface area contributed by atoms with Crippen molar-refractivity contribution in [2.24, 2.45) is 17.8 Å². The molecule has 1 aromatic rings. The second-order valence-corrected chi connectivity index (χ2v) is 15.4. The van der Waals surface area contributed by atoms with Crippen LogP contribution in [0.5, 0.6) is 17.2 Å². The van der Waals surface area contributed by atoms with Gasteiger partial charge in [0.2, 0.25) is 0 Å². The zero-order valence-electron chi connectivity index (χ0n) is 30.2. The maximum Gasteiger partial charge on any atom is 0.330 e. The molecule has 1 spiro atoms. The molecule has 7 rings (SSSR count). The van der Waals surface area contributed by atoms with Crippen LogP contribution in [0.1, 0.15) is 103 Å². The Morgan fingerprint density at radius 3 is 2.43 bits per heavy atom. The van der Waals surface area contributed by atoms with Gasteiger partial charge in [-0.25, -0.2) is 4.79 Å². The first-order valence-electron chi connectivity index (χ1n) is 17.5. The van der Waals surface area contributed by atoms with Crippen molar-refractivity contribution in [1.82, 2.24) is 0 Å². The molecule has 1 saturated heterocycles. The number of fused-ring (bicyclic) bond motifs is 2. The second kappa shape index (κ2) is 12.3. The molecule has 0 radical (unpaired) electrons. The summed E-state index contributed by atoms with van der Waals surface area (Å²) in [5.74, 6) is -2.59. The molecule has 264 valence electrons. The van der Waals surface area contributed by atoms with E-state index in [0.717, 1.165) is 12.0 Å². The van der Waals surface area contributed by atoms with Gasteiger partial charge in [0.15, 0.2) is 22.8 Å². The zero-order valence-corrected chi connectivity index (χ0v) is 30.2. The number of hydrogen-bond acceptors (Lipinski definition) is 9. The van der Waals surface area contributed by atoms with Gasteiger partial charge in [0.1, 0.15) is 28.4 Å². The molecule has 3 aliphatic carbocycles. The molecule has 3 heterocycles. The average Bonchev–Trinajstić information content (AvgIpc) is 3.16. The Morgan fingerprint density at radius 2 is 1.78 bits per heavy atom. The number of allylic oxidation sites excluding steroid dienone is 4. The smallest absolute Gasteiger partial charge is 0.330 e. The maximum atomic E-state index is 15.2. The first kappa shape index (κ1) is 35.1. The average molecular weight is 675 g/mol. The van der Waals surface area contributed by atoms with Gasteiger partial charge in [-0.1, -0.05) is 29.4 Å². The molecule has 3 saturated carbocycles. The van der Waals surface area contributed by atoms with Crippen LogP contribution in [0.4, 0.5) is 0 Å². The number of carbonyl (C=O) groups is 3. The highest BCUT2D eigenvalue weighted by Crippen LogP contribution is 2.70. The summed E-state index contributed by atoms with van der Waals surface area (Å²) in [7, 11) is 1.29. The number of rotatable bonds is 10. The fourth-order valence-corrected chi connectivity index (χ4v) is 9.15. The summed E-state index contributed by atoms with van der Waals surface area (Å²) in [5, 5.41) is 12.0. The highest BCUT2D eigenvalue weighted by atomic mass is 16.6. The first-order chi connectivity index (χ1) is 23.1. The Kier molecular flexibility index (Phi) is 8.80. The Labute approximate surface area is 289 Å². The number of benzene rings is 1. The number of esters is 1. The third-order valence-corrected chi connectivity index (χ3v) is 11.2. The summed E-state index contributed by atoms with van der Waals surface area (Å²) in [6, 6.07) is 0. The van der Waals surface area contributed by atoms with Crippen molar-refractivity contribution >= 4 is 23.6 Å². The number of phenols is 1. The van der Waals surface area contributed by atoms with Crippen LogP contribution < -0.4 is 9.47 Å². The predicted octanol–water partition coefficient (Wildman–Crippen LogP) is 7.03. The van der Waals surface area contributed by atoms with E-state index >= 15 is 4.79 Å². The quantitative estimate of drug-likeness (QED) is 0.159. The van der Waals surface area contributed by atoms with Gasteiger partial charge < -0.3 is 28.8 Å². The summed E-state index contributed by atoms with van der Waals surface area (Å²) >= 11 is 0. The molecule has 7 atom stereocenters. The van der Waals surface area contributed by atoms with E-state index in [1.165, 1.54) is 18.8 Å². The molecule has 4 bridgehead atoms. The van der Waals surface area contributed by atoms with Crippen LogP contribution in [-0.4, -0.2) is 64.9 Å². The van der Waals surface area contributed by atoms with Crippen molar-refractivity contribution in [2.45, 2.75) is 116 Å². The minimum atomic E-state index is -1.60. The topological polar surface area (TPSA) is 118 Å². The molecular formula is C40H50O9. The van der Waals surface area contributed by atoms with Crippen LogP contribution >= 0.6 is 0 Å². The van der Waals surface area contributed by atoms with E-state index in [1.807, 2.05) is 59.8 Å². The summed E-state index contributed by atoms with van der Waals surface area (Å²) in [6.07, 6.45) is 12.4. The van der Waals surface area contributed by atoms with Crippen LogP contribution in [0.2, 0.25) is 0 Å². The van der Waals surface area contributed by atoms with Crippen molar-refractivity contribution in [3.05, 3.63) is 58.2 Å². The lowest BCUT2D eigenvalue weighted by atomic mass is 9.45. The molecule has 3 aliphatic heterocycles. The van der Waals surface area contributed by atoms with Gasteiger partial charge in [-0.3, -0.25) is 9.59 Å². The summed E-state index contributed by atoms with van der Waals surface area (Å²) in [6.45, 7) is 16.1. The fraction of sp³-hybridized carbons (Fsp3) is 0.575. The minimum absolute atomic E-state index is 0.00276. The highest BCUT2D eigenvalue weighted by molar-refractivity contribution is 6.10. The molecule has 4 fully saturated rings. The van der Waals surface area contributed by atoms with Crippen molar-refractivity contribution in [3.8, 4) is 17.2 Å². The van der Waals surface area contributed by atoms with E-state index in [-0.39, 0.29) is 47.6 Å². The standard InChI is InChI=1S/C40H50O9/c1-10-46-35-26-21-27-37(6,7)49-39(36(26)44,19-12-14-28(41)45-9)40(27)30(35)32(43)29-31(42)24-17-20-38(8,18-11-13-22(2)3)47-33(24)25(34(29)48-40)16-15-23(4)5/h12-15,17,20,26-27,30,35,42H,10-11,16,18-19,21H2,1-9H3/b14-12+/t26-,27?,30?,35?,38+,39-,40-/m0/s1. The minimum Gasteiger partial charge on any atom is -0.506 e. The Bertz CT molecular complexity index is 1700. The van der Waals surface area contributed by atoms with Crippen LogP contribution in [0, 0.1) is 17.8 Å².